The van der Waals surface area contributed by atoms with Crippen LogP contribution in [-0.2, 0) is 6.42 Å². The molecule has 0 unspecified atom stereocenters. The molecule has 0 spiro atoms. The molecule has 1 amide bonds. The molecule has 1 N–H and O–H groups in total. The highest BCUT2D eigenvalue weighted by atomic mass is 16.6. The maximum Gasteiger partial charge on any atom is 0.271 e. The van der Waals surface area contributed by atoms with Gasteiger partial charge in [-0.3, -0.25) is 14.9 Å². The number of hydrogen-bond donors (Lipinski definition) is 1. The van der Waals surface area contributed by atoms with E-state index in [1.807, 2.05) is 6.07 Å². The molecule has 0 saturated carbocycles. The van der Waals surface area contributed by atoms with Crippen LogP contribution in [0, 0.1) is 10.1 Å². The van der Waals surface area contributed by atoms with Gasteiger partial charge in [-0.05, 0) is 31.0 Å². The molecule has 1 aliphatic carbocycles. The number of hydrogen-bond acceptors (Lipinski definition) is 5. The number of non-ortho nitro benzene ring substituents is 1. The standard InChI is InChI=1S/C15H13N3O4/c19-15(10-4-6-11(7-5-10)18(20)21)17-16-13-2-1-3-14-12(13)8-9-22-14/h4-9H,1-3H2,(H,17,19)/b16-13+. The Labute approximate surface area is 125 Å². The van der Waals surface area contributed by atoms with Crippen LogP contribution in [0.15, 0.2) is 46.1 Å². The molecule has 1 heterocycles. The van der Waals surface area contributed by atoms with Crippen molar-refractivity contribution in [3.05, 3.63) is 63.6 Å². The van der Waals surface area contributed by atoms with Crippen LogP contribution >= 0.6 is 0 Å². The molecule has 1 aromatic carbocycles. The van der Waals surface area contributed by atoms with Crippen LogP contribution in [0.2, 0.25) is 0 Å². The Kier molecular flexibility index (Phi) is 3.69. The molecule has 0 aliphatic heterocycles. The van der Waals surface area contributed by atoms with Crippen molar-refractivity contribution in [1.29, 1.82) is 0 Å². The monoisotopic (exact) mass is 299 g/mol. The predicted octanol–water partition coefficient (Wildman–Crippen LogP) is 2.66. The zero-order chi connectivity index (χ0) is 15.5. The minimum Gasteiger partial charge on any atom is -0.469 e. The SMILES string of the molecule is O=C(N/N=C1\CCCc2occc21)c1ccc([N+](=O)[O-])cc1. The maximum atomic E-state index is 12.0. The molecule has 1 aromatic heterocycles. The highest BCUT2D eigenvalue weighted by Crippen LogP contribution is 2.22. The van der Waals surface area contributed by atoms with E-state index < -0.39 is 10.8 Å². The van der Waals surface area contributed by atoms with Gasteiger partial charge in [0.2, 0.25) is 0 Å². The van der Waals surface area contributed by atoms with E-state index >= 15 is 0 Å². The van der Waals surface area contributed by atoms with Crippen LogP contribution in [0.1, 0.15) is 34.5 Å². The molecule has 7 nitrogen and oxygen atoms in total. The van der Waals surface area contributed by atoms with Gasteiger partial charge in [0.15, 0.2) is 0 Å². The fourth-order valence-electron chi connectivity index (χ4n) is 2.38. The number of rotatable bonds is 3. The molecule has 0 radical (unpaired) electrons. The average Bonchev–Trinajstić information content (AvgIpc) is 3.01. The van der Waals surface area contributed by atoms with Crippen LogP contribution in [0.25, 0.3) is 0 Å². The number of furan rings is 1. The summed E-state index contributed by atoms with van der Waals surface area (Å²) in [7, 11) is 0. The fraction of sp³-hybridized carbons (Fsp3) is 0.200. The number of nitro benzene ring substituents is 1. The first kappa shape index (κ1) is 14.0. The zero-order valence-corrected chi connectivity index (χ0v) is 11.6. The lowest BCUT2D eigenvalue weighted by molar-refractivity contribution is -0.384. The molecular formula is C15H13N3O4. The van der Waals surface area contributed by atoms with Crippen molar-refractivity contribution < 1.29 is 14.1 Å². The summed E-state index contributed by atoms with van der Waals surface area (Å²) < 4.78 is 5.36. The van der Waals surface area contributed by atoms with Gasteiger partial charge in [0.1, 0.15) is 5.76 Å². The van der Waals surface area contributed by atoms with Crippen molar-refractivity contribution >= 4 is 17.3 Å². The summed E-state index contributed by atoms with van der Waals surface area (Å²) >= 11 is 0. The predicted molar refractivity (Wildman–Crippen MR) is 78.7 cm³/mol. The Bertz CT molecular complexity index is 746. The van der Waals surface area contributed by atoms with Crippen molar-refractivity contribution in [3.8, 4) is 0 Å². The van der Waals surface area contributed by atoms with Crippen molar-refractivity contribution in [2.24, 2.45) is 5.10 Å². The molecule has 112 valence electrons. The molecule has 3 rings (SSSR count). The summed E-state index contributed by atoms with van der Waals surface area (Å²) in [6.07, 6.45) is 4.18. The molecule has 0 bridgehead atoms. The van der Waals surface area contributed by atoms with Crippen LogP contribution < -0.4 is 5.43 Å². The first-order valence-corrected chi connectivity index (χ1v) is 6.83. The zero-order valence-electron chi connectivity index (χ0n) is 11.6. The lowest BCUT2D eigenvalue weighted by atomic mass is 9.97. The highest BCUT2D eigenvalue weighted by Gasteiger charge is 2.18. The van der Waals surface area contributed by atoms with Gasteiger partial charge < -0.3 is 4.42 Å². The quantitative estimate of drug-likeness (QED) is 0.695. The average molecular weight is 299 g/mol. The summed E-state index contributed by atoms with van der Waals surface area (Å²) in [5.41, 5.74) is 4.45. The Morgan fingerprint density at radius 1 is 1.23 bits per heavy atom. The second kappa shape index (κ2) is 5.80. The van der Waals surface area contributed by atoms with Gasteiger partial charge in [0.05, 0.1) is 16.9 Å². The topological polar surface area (TPSA) is 97.7 Å². The van der Waals surface area contributed by atoms with E-state index in [1.165, 1.54) is 24.3 Å². The number of carbonyl (C=O) groups is 1. The largest absolute Gasteiger partial charge is 0.469 e. The molecule has 1 aliphatic rings. The van der Waals surface area contributed by atoms with Gasteiger partial charge >= 0.3 is 0 Å². The molecule has 7 heteroatoms. The molecule has 0 fully saturated rings. The third-order valence-corrected chi connectivity index (χ3v) is 3.51. The Balaban J connectivity index is 1.73. The number of aryl methyl sites for hydroxylation is 1. The number of nitrogens with one attached hydrogen (secondary N) is 1. The van der Waals surface area contributed by atoms with Crippen LogP contribution in [0.5, 0.6) is 0 Å². The van der Waals surface area contributed by atoms with Gasteiger partial charge in [-0.25, -0.2) is 5.43 Å². The first-order chi connectivity index (χ1) is 10.6. The summed E-state index contributed by atoms with van der Waals surface area (Å²) in [4.78, 5) is 22.1. The number of amides is 1. The first-order valence-electron chi connectivity index (χ1n) is 6.83. The molecule has 0 saturated heterocycles. The van der Waals surface area contributed by atoms with E-state index in [4.69, 9.17) is 4.42 Å². The number of nitrogens with zero attached hydrogens (tertiary/aromatic N) is 2. The Morgan fingerprint density at radius 3 is 2.73 bits per heavy atom. The van der Waals surface area contributed by atoms with E-state index in [2.05, 4.69) is 10.5 Å². The van der Waals surface area contributed by atoms with Crippen molar-refractivity contribution in [1.82, 2.24) is 5.43 Å². The maximum absolute atomic E-state index is 12.0. The summed E-state index contributed by atoms with van der Waals surface area (Å²) in [6.45, 7) is 0. The Morgan fingerprint density at radius 2 is 2.00 bits per heavy atom. The van der Waals surface area contributed by atoms with Gasteiger partial charge in [-0.15, -0.1) is 0 Å². The number of nitro groups is 1. The Hall–Kier alpha value is -2.96. The number of fused-ring (bicyclic) bond motifs is 1. The lowest BCUT2D eigenvalue weighted by Gasteiger charge is -2.12. The molecule has 2 aromatic rings. The van der Waals surface area contributed by atoms with E-state index in [-0.39, 0.29) is 5.69 Å². The molecule has 22 heavy (non-hydrogen) atoms. The second-order valence-electron chi connectivity index (χ2n) is 4.91. The second-order valence-corrected chi connectivity index (χ2v) is 4.91. The van der Waals surface area contributed by atoms with E-state index in [1.54, 1.807) is 6.26 Å². The van der Waals surface area contributed by atoms with Crippen molar-refractivity contribution in [2.45, 2.75) is 19.3 Å². The van der Waals surface area contributed by atoms with Crippen molar-refractivity contribution in [2.75, 3.05) is 0 Å². The van der Waals surface area contributed by atoms with Gasteiger partial charge in [0.25, 0.3) is 11.6 Å². The van der Waals surface area contributed by atoms with E-state index in [0.717, 1.165) is 36.3 Å². The number of hydrazone groups is 1. The number of benzene rings is 1. The minimum atomic E-state index is -0.510. The van der Waals surface area contributed by atoms with Gasteiger partial charge in [-0.2, -0.15) is 5.10 Å². The molecular weight excluding hydrogens is 286 g/mol. The third kappa shape index (κ3) is 2.73. The summed E-state index contributed by atoms with van der Waals surface area (Å²) in [5.74, 6) is 0.479. The van der Waals surface area contributed by atoms with Crippen LogP contribution in [-0.4, -0.2) is 16.5 Å². The normalized spacial score (nSPS) is 15.4. The van der Waals surface area contributed by atoms with Gasteiger partial charge in [-0.1, -0.05) is 0 Å². The van der Waals surface area contributed by atoms with E-state index in [9.17, 15) is 14.9 Å². The smallest absolute Gasteiger partial charge is 0.271 e. The summed E-state index contributed by atoms with van der Waals surface area (Å²) in [6, 6.07) is 7.22. The minimum absolute atomic E-state index is 0.0572. The highest BCUT2D eigenvalue weighted by molar-refractivity contribution is 6.03. The van der Waals surface area contributed by atoms with Crippen LogP contribution in [0.4, 0.5) is 5.69 Å². The molecule has 0 atom stereocenters. The van der Waals surface area contributed by atoms with Crippen LogP contribution in [0.3, 0.4) is 0 Å². The fourth-order valence-corrected chi connectivity index (χ4v) is 2.38. The van der Waals surface area contributed by atoms with Crippen molar-refractivity contribution in [3.63, 3.8) is 0 Å². The summed E-state index contributed by atoms with van der Waals surface area (Å²) in [5, 5.41) is 14.7. The van der Waals surface area contributed by atoms with E-state index in [0.29, 0.717) is 5.56 Å². The van der Waals surface area contributed by atoms with Gasteiger partial charge in [0, 0.05) is 29.7 Å². The number of carbonyl (C=O) groups excluding carboxylic acids is 1. The lowest BCUT2D eigenvalue weighted by Crippen LogP contribution is -2.21. The third-order valence-electron chi connectivity index (χ3n) is 3.51.